The largest absolute Gasteiger partial charge is 0.381 e. The van der Waals surface area contributed by atoms with Crippen LogP contribution in [0.15, 0.2) is 27.1 Å². The van der Waals surface area contributed by atoms with Crippen molar-refractivity contribution in [2.75, 3.05) is 7.11 Å². The molecule has 0 aliphatic heterocycles. The van der Waals surface area contributed by atoms with E-state index in [1.807, 2.05) is 7.11 Å². The number of ether oxygens (including phenoxy) is 1. The second kappa shape index (κ2) is 6.51. The maximum atomic E-state index is 5.41. The maximum absolute atomic E-state index is 5.41. The number of hydrogen-bond donors (Lipinski definition) is 1. The van der Waals surface area contributed by atoms with E-state index in [1.54, 1.807) is 0 Å². The first kappa shape index (κ1) is 14.5. The van der Waals surface area contributed by atoms with Crippen LogP contribution in [0.4, 0.5) is 0 Å². The molecule has 100 valence electrons. The summed E-state index contributed by atoms with van der Waals surface area (Å²) in [7, 11) is 1.81. The highest BCUT2D eigenvalue weighted by Gasteiger charge is 2.25. The van der Waals surface area contributed by atoms with Crippen molar-refractivity contribution in [3.05, 3.63) is 32.7 Å². The van der Waals surface area contributed by atoms with E-state index in [-0.39, 0.29) is 0 Å². The molecule has 18 heavy (non-hydrogen) atoms. The first-order chi connectivity index (χ1) is 8.60. The predicted octanol–water partition coefficient (Wildman–Crippen LogP) is 4.43. The van der Waals surface area contributed by atoms with E-state index in [1.165, 1.54) is 18.4 Å². The monoisotopic (exact) mass is 375 g/mol. The van der Waals surface area contributed by atoms with Crippen molar-refractivity contribution >= 4 is 31.9 Å². The van der Waals surface area contributed by atoms with Crippen LogP contribution >= 0.6 is 31.9 Å². The zero-order valence-corrected chi connectivity index (χ0v) is 13.9. The molecular formula is C14H19Br2NO. The number of halogens is 2. The third kappa shape index (κ3) is 3.56. The lowest BCUT2D eigenvalue weighted by Gasteiger charge is -2.21. The Hall–Kier alpha value is 0.1000. The molecule has 0 spiro atoms. The zero-order valence-electron chi connectivity index (χ0n) is 10.7. The molecule has 1 aromatic rings. The molecule has 0 heterocycles. The Labute approximate surface area is 126 Å². The molecule has 1 aliphatic rings. The smallest absolute Gasteiger partial charge is 0.0586 e. The molecule has 1 aromatic carbocycles. The van der Waals surface area contributed by atoms with E-state index in [0.717, 1.165) is 15.4 Å². The number of methoxy groups -OCH3 is 1. The van der Waals surface area contributed by atoms with Crippen LogP contribution in [0, 0.1) is 0 Å². The summed E-state index contributed by atoms with van der Waals surface area (Å²) in [6.07, 6.45) is 3.93. The van der Waals surface area contributed by atoms with Gasteiger partial charge in [0, 0.05) is 28.1 Å². The van der Waals surface area contributed by atoms with Crippen LogP contribution in [-0.4, -0.2) is 19.3 Å². The Bertz CT molecular complexity index is 411. The molecule has 1 N–H and O–H groups in total. The summed E-state index contributed by atoms with van der Waals surface area (Å²) in [5.74, 6) is 0. The molecule has 3 atom stereocenters. The van der Waals surface area contributed by atoms with E-state index in [9.17, 15) is 0 Å². The minimum Gasteiger partial charge on any atom is -0.381 e. The van der Waals surface area contributed by atoms with Gasteiger partial charge in [0.25, 0.3) is 0 Å². The Morgan fingerprint density at radius 3 is 2.72 bits per heavy atom. The predicted molar refractivity (Wildman–Crippen MR) is 81.8 cm³/mol. The van der Waals surface area contributed by atoms with Gasteiger partial charge in [-0.1, -0.05) is 37.9 Å². The van der Waals surface area contributed by atoms with Crippen LogP contribution in [0.5, 0.6) is 0 Å². The zero-order chi connectivity index (χ0) is 13.1. The third-order valence-corrected chi connectivity index (χ3v) is 4.81. The number of hydrogen-bond acceptors (Lipinski definition) is 2. The molecule has 1 aliphatic carbocycles. The highest BCUT2D eigenvalue weighted by Crippen LogP contribution is 2.29. The van der Waals surface area contributed by atoms with Crippen molar-refractivity contribution in [2.45, 2.75) is 44.4 Å². The summed E-state index contributed by atoms with van der Waals surface area (Å²) >= 11 is 7.11. The van der Waals surface area contributed by atoms with Crippen LogP contribution in [-0.2, 0) is 4.74 Å². The standard InChI is InChI=1S/C14H19Br2NO/c1-9(13-6-3-10(15)7-14(13)16)17-11-4-5-12(8-11)18-2/h3,6-7,9,11-12,17H,4-5,8H2,1-2H3. The van der Waals surface area contributed by atoms with Crippen molar-refractivity contribution < 1.29 is 4.74 Å². The molecule has 4 heteroatoms. The van der Waals surface area contributed by atoms with Crippen LogP contribution in [0.3, 0.4) is 0 Å². The molecular weight excluding hydrogens is 358 g/mol. The third-order valence-electron chi connectivity index (χ3n) is 3.63. The molecule has 0 saturated heterocycles. The molecule has 1 saturated carbocycles. The number of benzene rings is 1. The van der Waals surface area contributed by atoms with Gasteiger partial charge in [-0.05, 0) is 43.9 Å². The van der Waals surface area contributed by atoms with Crippen LogP contribution in [0.25, 0.3) is 0 Å². The Morgan fingerprint density at radius 1 is 1.33 bits per heavy atom. The summed E-state index contributed by atoms with van der Waals surface area (Å²) in [6, 6.07) is 7.27. The summed E-state index contributed by atoms with van der Waals surface area (Å²) < 4.78 is 7.67. The second-order valence-electron chi connectivity index (χ2n) is 4.92. The van der Waals surface area contributed by atoms with Gasteiger partial charge >= 0.3 is 0 Å². The average molecular weight is 377 g/mol. The van der Waals surface area contributed by atoms with Crippen molar-refractivity contribution in [3.8, 4) is 0 Å². The number of nitrogens with one attached hydrogen (secondary N) is 1. The molecule has 3 unspecified atom stereocenters. The fourth-order valence-electron chi connectivity index (χ4n) is 2.60. The van der Waals surface area contributed by atoms with Gasteiger partial charge in [-0.2, -0.15) is 0 Å². The first-order valence-electron chi connectivity index (χ1n) is 6.34. The van der Waals surface area contributed by atoms with E-state index >= 15 is 0 Å². The lowest BCUT2D eigenvalue weighted by Crippen LogP contribution is -2.30. The van der Waals surface area contributed by atoms with E-state index in [4.69, 9.17) is 4.74 Å². The van der Waals surface area contributed by atoms with E-state index < -0.39 is 0 Å². The highest BCUT2D eigenvalue weighted by atomic mass is 79.9. The van der Waals surface area contributed by atoms with Gasteiger partial charge in [0.2, 0.25) is 0 Å². The summed E-state index contributed by atoms with van der Waals surface area (Å²) in [5.41, 5.74) is 1.30. The van der Waals surface area contributed by atoms with Gasteiger partial charge in [-0.15, -0.1) is 0 Å². The van der Waals surface area contributed by atoms with Gasteiger partial charge in [0.15, 0.2) is 0 Å². The Kier molecular flexibility index (Phi) is 5.24. The molecule has 0 aromatic heterocycles. The van der Waals surface area contributed by atoms with Crippen molar-refractivity contribution in [1.29, 1.82) is 0 Å². The average Bonchev–Trinajstić information content (AvgIpc) is 2.76. The second-order valence-corrected chi connectivity index (χ2v) is 6.69. The number of rotatable bonds is 4. The fraction of sp³-hybridized carbons (Fsp3) is 0.571. The van der Waals surface area contributed by atoms with Crippen LogP contribution < -0.4 is 5.32 Å². The first-order valence-corrected chi connectivity index (χ1v) is 7.92. The minimum atomic E-state index is 0.355. The van der Waals surface area contributed by atoms with Crippen molar-refractivity contribution in [2.24, 2.45) is 0 Å². The van der Waals surface area contributed by atoms with E-state index in [0.29, 0.717) is 18.2 Å². The minimum absolute atomic E-state index is 0.355. The van der Waals surface area contributed by atoms with Gasteiger partial charge < -0.3 is 10.1 Å². The molecule has 2 rings (SSSR count). The van der Waals surface area contributed by atoms with Crippen LogP contribution in [0.1, 0.15) is 37.8 Å². The molecule has 1 fully saturated rings. The SMILES string of the molecule is COC1CCC(NC(C)c2ccc(Br)cc2Br)C1. The summed E-state index contributed by atoms with van der Waals surface area (Å²) in [4.78, 5) is 0. The van der Waals surface area contributed by atoms with Crippen LogP contribution in [0.2, 0.25) is 0 Å². The quantitative estimate of drug-likeness (QED) is 0.839. The fourth-order valence-corrected chi connectivity index (χ4v) is 3.99. The van der Waals surface area contributed by atoms with Gasteiger partial charge in [-0.3, -0.25) is 0 Å². The lowest BCUT2D eigenvalue weighted by molar-refractivity contribution is 0.106. The Balaban J connectivity index is 1.97. The van der Waals surface area contributed by atoms with Crippen molar-refractivity contribution in [1.82, 2.24) is 5.32 Å². The van der Waals surface area contributed by atoms with E-state index in [2.05, 4.69) is 62.3 Å². The summed E-state index contributed by atoms with van der Waals surface area (Å²) in [6.45, 7) is 2.22. The highest BCUT2D eigenvalue weighted by molar-refractivity contribution is 9.11. The maximum Gasteiger partial charge on any atom is 0.0586 e. The van der Waals surface area contributed by atoms with Crippen molar-refractivity contribution in [3.63, 3.8) is 0 Å². The Morgan fingerprint density at radius 2 is 2.11 bits per heavy atom. The lowest BCUT2D eigenvalue weighted by atomic mass is 10.1. The molecule has 0 bridgehead atoms. The molecule has 0 amide bonds. The van der Waals surface area contributed by atoms with Gasteiger partial charge in [-0.25, -0.2) is 0 Å². The topological polar surface area (TPSA) is 21.3 Å². The van der Waals surface area contributed by atoms with Gasteiger partial charge in [0.1, 0.15) is 0 Å². The molecule has 2 nitrogen and oxygen atoms in total. The summed E-state index contributed by atoms with van der Waals surface area (Å²) in [5, 5.41) is 3.69. The normalized spacial score (nSPS) is 25.3. The van der Waals surface area contributed by atoms with Gasteiger partial charge in [0.05, 0.1) is 6.10 Å². The molecule has 0 radical (unpaired) electrons.